The van der Waals surface area contributed by atoms with Crippen LogP contribution in [0.5, 0.6) is 0 Å². The fourth-order valence-corrected chi connectivity index (χ4v) is 2.19. The number of hydrogen-bond acceptors (Lipinski definition) is 3. The lowest BCUT2D eigenvalue weighted by molar-refractivity contribution is 0.000228. The topological polar surface area (TPSA) is 49.7 Å². The minimum atomic E-state index is -0.680. The van der Waals surface area contributed by atoms with Crippen LogP contribution < -0.4 is 0 Å². The van der Waals surface area contributed by atoms with E-state index in [-0.39, 0.29) is 18.8 Å². The van der Waals surface area contributed by atoms with Gasteiger partial charge in [0.15, 0.2) is 0 Å². The minimum absolute atomic E-state index is 0.121. The Morgan fingerprint density at radius 1 is 1.16 bits per heavy atom. The molecule has 0 bridgehead atoms. The molecular formula is C15H23ClO3. The molecule has 1 aromatic carbocycles. The largest absolute Gasteiger partial charge is 0.395 e. The van der Waals surface area contributed by atoms with Crippen molar-refractivity contribution in [1.82, 2.24) is 0 Å². The standard InChI is InChI=1S/C15H23ClO3/c1-14(2,19-3)7-8-15(10-17,11-18)12-5-4-6-13(16)9-12/h4-6,9,17-18H,7-8,10-11H2,1-3H3. The Morgan fingerprint density at radius 2 is 1.79 bits per heavy atom. The van der Waals surface area contributed by atoms with Gasteiger partial charge >= 0.3 is 0 Å². The SMILES string of the molecule is COC(C)(C)CCC(CO)(CO)c1cccc(Cl)c1. The second-order valence-electron chi connectivity index (χ2n) is 5.57. The molecule has 0 aliphatic rings. The number of ether oxygens (including phenoxy) is 1. The second kappa shape index (κ2) is 6.71. The molecule has 0 aliphatic carbocycles. The van der Waals surface area contributed by atoms with Crippen LogP contribution in [-0.2, 0) is 10.2 Å². The van der Waals surface area contributed by atoms with Gasteiger partial charge in [-0.3, -0.25) is 0 Å². The van der Waals surface area contributed by atoms with Crippen molar-refractivity contribution in [2.24, 2.45) is 0 Å². The molecule has 0 spiro atoms. The van der Waals surface area contributed by atoms with Gasteiger partial charge in [0.05, 0.1) is 18.8 Å². The normalized spacial score (nSPS) is 12.7. The summed E-state index contributed by atoms with van der Waals surface area (Å²) in [4.78, 5) is 0. The molecule has 19 heavy (non-hydrogen) atoms. The molecule has 4 heteroatoms. The van der Waals surface area contributed by atoms with E-state index in [9.17, 15) is 10.2 Å². The van der Waals surface area contributed by atoms with E-state index in [0.29, 0.717) is 11.4 Å². The third-order valence-electron chi connectivity index (χ3n) is 3.80. The van der Waals surface area contributed by atoms with Gasteiger partial charge in [-0.2, -0.15) is 0 Å². The summed E-state index contributed by atoms with van der Waals surface area (Å²) in [7, 11) is 1.67. The summed E-state index contributed by atoms with van der Waals surface area (Å²) >= 11 is 5.99. The molecule has 0 amide bonds. The van der Waals surface area contributed by atoms with Crippen LogP contribution in [0, 0.1) is 0 Å². The van der Waals surface area contributed by atoms with E-state index >= 15 is 0 Å². The Kier molecular flexibility index (Phi) is 5.81. The number of rotatable bonds is 7. The summed E-state index contributed by atoms with van der Waals surface area (Å²) in [6.45, 7) is 3.74. The third-order valence-corrected chi connectivity index (χ3v) is 4.04. The summed E-state index contributed by atoms with van der Waals surface area (Å²) in [6.07, 6.45) is 1.36. The smallest absolute Gasteiger partial charge is 0.0623 e. The molecule has 0 radical (unpaired) electrons. The molecule has 0 fully saturated rings. The molecule has 0 saturated heterocycles. The van der Waals surface area contributed by atoms with Crippen molar-refractivity contribution < 1.29 is 14.9 Å². The molecule has 0 atom stereocenters. The first kappa shape index (κ1) is 16.4. The zero-order valence-electron chi connectivity index (χ0n) is 11.8. The Labute approximate surface area is 120 Å². The van der Waals surface area contributed by atoms with Crippen molar-refractivity contribution >= 4 is 11.6 Å². The van der Waals surface area contributed by atoms with Crippen LogP contribution in [0.25, 0.3) is 0 Å². The van der Waals surface area contributed by atoms with Gasteiger partial charge in [0.2, 0.25) is 0 Å². The lowest BCUT2D eigenvalue weighted by atomic mass is 9.76. The lowest BCUT2D eigenvalue weighted by Gasteiger charge is -2.34. The number of benzene rings is 1. The van der Waals surface area contributed by atoms with Crippen molar-refractivity contribution in [1.29, 1.82) is 0 Å². The van der Waals surface area contributed by atoms with Crippen LogP contribution >= 0.6 is 11.6 Å². The molecular weight excluding hydrogens is 264 g/mol. The van der Waals surface area contributed by atoms with Crippen LogP contribution in [0.1, 0.15) is 32.3 Å². The van der Waals surface area contributed by atoms with E-state index in [1.165, 1.54) is 0 Å². The van der Waals surface area contributed by atoms with Crippen LogP contribution in [-0.4, -0.2) is 36.1 Å². The molecule has 0 aliphatic heterocycles. The quantitative estimate of drug-likeness (QED) is 0.810. The molecule has 3 nitrogen and oxygen atoms in total. The molecule has 1 aromatic rings. The van der Waals surface area contributed by atoms with Gasteiger partial charge in [-0.05, 0) is 44.4 Å². The third kappa shape index (κ3) is 4.18. The molecule has 0 heterocycles. The highest BCUT2D eigenvalue weighted by Crippen LogP contribution is 2.33. The van der Waals surface area contributed by atoms with E-state index in [1.54, 1.807) is 19.2 Å². The molecule has 0 saturated carbocycles. The first-order valence-electron chi connectivity index (χ1n) is 6.42. The first-order valence-corrected chi connectivity index (χ1v) is 6.80. The van der Waals surface area contributed by atoms with E-state index in [2.05, 4.69) is 0 Å². The van der Waals surface area contributed by atoms with Gasteiger partial charge in [0.1, 0.15) is 0 Å². The van der Waals surface area contributed by atoms with Gasteiger partial charge in [0.25, 0.3) is 0 Å². The molecule has 0 unspecified atom stereocenters. The van der Waals surface area contributed by atoms with Gasteiger partial charge < -0.3 is 14.9 Å². The summed E-state index contributed by atoms with van der Waals surface area (Å²) in [6, 6.07) is 7.30. The summed E-state index contributed by atoms with van der Waals surface area (Å²) < 4.78 is 5.39. The van der Waals surface area contributed by atoms with Gasteiger partial charge in [-0.15, -0.1) is 0 Å². The fourth-order valence-electron chi connectivity index (χ4n) is 2.00. The number of hydrogen-bond donors (Lipinski definition) is 2. The van der Waals surface area contributed by atoms with E-state index in [4.69, 9.17) is 16.3 Å². The number of aliphatic hydroxyl groups is 2. The summed E-state index contributed by atoms with van der Waals surface area (Å²) in [5.74, 6) is 0. The Balaban J connectivity index is 2.97. The highest BCUT2D eigenvalue weighted by molar-refractivity contribution is 6.30. The minimum Gasteiger partial charge on any atom is -0.395 e. The van der Waals surface area contributed by atoms with Crippen LogP contribution in [0.4, 0.5) is 0 Å². The van der Waals surface area contributed by atoms with Crippen molar-refractivity contribution in [3.8, 4) is 0 Å². The van der Waals surface area contributed by atoms with Crippen LogP contribution in [0.3, 0.4) is 0 Å². The Bertz CT molecular complexity index is 400. The Hall–Kier alpha value is -0.610. The van der Waals surface area contributed by atoms with Crippen molar-refractivity contribution in [2.75, 3.05) is 20.3 Å². The van der Waals surface area contributed by atoms with E-state index in [1.807, 2.05) is 26.0 Å². The lowest BCUT2D eigenvalue weighted by Crippen LogP contribution is -2.37. The maximum absolute atomic E-state index is 9.75. The van der Waals surface area contributed by atoms with Crippen LogP contribution in [0.2, 0.25) is 5.02 Å². The molecule has 1 rings (SSSR count). The number of halogens is 1. The average Bonchev–Trinajstić information content (AvgIpc) is 2.41. The fraction of sp³-hybridized carbons (Fsp3) is 0.600. The highest BCUT2D eigenvalue weighted by atomic mass is 35.5. The van der Waals surface area contributed by atoms with Crippen molar-refractivity contribution in [2.45, 2.75) is 37.7 Å². The summed E-state index contributed by atoms with van der Waals surface area (Å²) in [5, 5.41) is 20.1. The van der Waals surface area contributed by atoms with Gasteiger partial charge in [-0.1, -0.05) is 23.7 Å². The molecule has 2 N–H and O–H groups in total. The van der Waals surface area contributed by atoms with Crippen LogP contribution in [0.15, 0.2) is 24.3 Å². The predicted molar refractivity (Wildman–Crippen MR) is 77.6 cm³/mol. The van der Waals surface area contributed by atoms with Gasteiger partial charge in [0, 0.05) is 17.5 Å². The van der Waals surface area contributed by atoms with Gasteiger partial charge in [-0.25, -0.2) is 0 Å². The Morgan fingerprint density at radius 3 is 2.26 bits per heavy atom. The monoisotopic (exact) mass is 286 g/mol. The number of aliphatic hydroxyl groups excluding tert-OH is 2. The van der Waals surface area contributed by atoms with Crippen molar-refractivity contribution in [3.63, 3.8) is 0 Å². The first-order chi connectivity index (χ1) is 8.89. The molecule has 108 valence electrons. The van der Waals surface area contributed by atoms with E-state index < -0.39 is 5.41 Å². The maximum Gasteiger partial charge on any atom is 0.0623 e. The highest BCUT2D eigenvalue weighted by Gasteiger charge is 2.33. The average molecular weight is 287 g/mol. The maximum atomic E-state index is 9.75. The number of methoxy groups -OCH3 is 1. The van der Waals surface area contributed by atoms with E-state index in [0.717, 1.165) is 12.0 Å². The molecule has 0 aromatic heterocycles. The predicted octanol–water partition coefficient (Wildman–Crippen LogP) is 2.77. The second-order valence-corrected chi connectivity index (χ2v) is 6.01. The zero-order valence-corrected chi connectivity index (χ0v) is 12.6. The zero-order chi connectivity index (χ0) is 14.5. The summed E-state index contributed by atoms with van der Waals surface area (Å²) in [5.41, 5.74) is -0.105. The van der Waals surface area contributed by atoms with Crippen molar-refractivity contribution in [3.05, 3.63) is 34.9 Å².